The number of aromatic nitrogens is 1. The lowest BCUT2D eigenvalue weighted by molar-refractivity contribution is 0.111. The van der Waals surface area contributed by atoms with Crippen LogP contribution in [0.2, 0.25) is 0 Å². The summed E-state index contributed by atoms with van der Waals surface area (Å²) in [7, 11) is 0. The average molecular weight is 323 g/mol. The third kappa shape index (κ3) is 6.47. The molecule has 0 atom stereocenters. The van der Waals surface area contributed by atoms with Gasteiger partial charge in [0.15, 0.2) is 24.1 Å². The highest BCUT2D eigenvalue weighted by molar-refractivity contribution is 5.87. The van der Waals surface area contributed by atoms with Crippen molar-refractivity contribution in [2.45, 2.75) is 65.2 Å². The summed E-state index contributed by atoms with van der Waals surface area (Å²) in [6, 6.07) is 0. The van der Waals surface area contributed by atoms with Gasteiger partial charge in [-0.2, -0.15) is 0 Å². The number of carbonyl (C=O) groups excluding carboxylic acids is 2. The van der Waals surface area contributed by atoms with E-state index in [-0.39, 0.29) is 11.4 Å². The van der Waals surface area contributed by atoms with Crippen LogP contribution in [-0.2, 0) is 0 Å². The molecule has 0 fully saturated rings. The van der Waals surface area contributed by atoms with Crippen LogP contribution in [0.3, 0.4) is 0 Å². The SMILES string of the molecule is CCCCCCOc1c(C=O)[nH]c(C=O)c1OCCCCCC. The van der Waals surface area contributed by atoms with E-state index in [4.69, 9.17) is 9.47 Å². The minimum absolute atomic E-state index is 0.270. The second-order valence-electron chi connectivity index (χ2n) is 5.66. The molecule has 0 aromatic carbocycles. The summed E-state index contributed by atoms with van der Waals surface area (Å²) in [6.45, 7) is 5.34. The molecule has 0 aliphatic carbocycles. The number of rotatable bonds is 14. The summed E-state index contributed by atoms with van der Waals surface area (Å²) in [5.74, 6) is 0.739. The Hall–Kier alpha value is -1.78. The van der Waals surface area contributed by atoms with Gasteiger partial charge in [0.1, 0.15) is 11.4 Å². The minimum atomic E-state index is 0.270. The smallest absolute Gasteiger partial charge is 0.190 e. The van der Waals surface area contributed by atoms with Crippen LogP contribution in [0.5, 0.6) is 11.5 Å². The van der Waals surface area contributed by atoms with Gasteiger partial charge in [0.25, 0.3) is 0 Å². The summed E-state index contributed by atoms with van der Waals surface area (Å²) >= 11 is 0. The number of hydrogen-bond donors (Lipinski definition) is 1. The largest absolute Gasteiger partial charge is 0.487 e. The molecule has 0 spiro atoms. The van der Waals surface area contributed by atoms with E-state index in [1.807, 2.05) is 0 Å². The predicted octanol–water partition coefficient (Wildman–Crippen LogP) is 4.56. The summed E-state index contributed by atoms with van der Waals surface area (Å²) in [4.78, 5) is 25.1. The van der Waals surface area contributed by atoms with Gasteiger partial charge in [-0.25, -0.2) is 0 Å². The van der Waals surface area contributed by atoms with Crippen molar-refractivity contribution in [3.8, 4) is 11.5 Å². The molecule has 0 aliphatic heterocycles. The van der Waals surface area contributed by atoms with Gasteiger partial charge in [-0.05, 0) is 12.8 Å². The zero-order valence-electron chi connectivity index (χ0n) is 14.4. The Balaban J connectivity index is 2.66. The molecule has 23 heavy (non-hydrogen) atoms. The van der Waals surface area contributed by atoms with Gasteiger partial charge in [-0.15, -0.1) is 0 Å². The Kier molecular flexibility index (Phi) is 9.84. The van der Waals surface area contributed by atoms with Crippen LogP contribution in [0.15, 0.2) is 0 Å². The fraction of sp³-hybridized carbons (Fsp3) is 0.667. The number of nitrogens with one attached hydrogen (secondary N) is 1. The van der Waals surface area contributed by atoms with Gasteiger partial charge in [0.05, 0.1) is 13.2 Å². The number of ether oxygens (including phenoxy) is 2. The third-order valence-electron chi connectivity index (χ3n) is 3.69. The Labute approximate surface area is 138 Å². The lowest BCUT2D eigenvalue weighted by Crippen LogP contribution is -2.03. The molecule has 1 N–H and O–H groups in total. The first-order valence-electron chi connectivity index (χ1n) is 8.70. The van der Waals surface area contributed by atoms with Crippen LogP contribution in [0.1, 0.15) is 86.2 Å². The van der Waals surface area contributed by atoms with E-state index in [9.17, 15) is 9.59 Å². The van der Waals surface area contributed by atoms with Gasteiger partial charge < -0.3 is 14.5 Å². The van der Waals surface area contributed by atoms with Crippen molar-refractivity contribution < 1.29 is 19.1 Å². The number of aromatic amines is 1. The van der Waals surface area contributed by atoms with Gasteiger partial charge in [0.2, 0.25) is 0 Å². The predicted molar refractivity (Wildman–Crippen MR) is 90.8 cm³/mol. The molecular formula is C18H29NO4. The maximum Gasteiger partial charge on any atom is 0.190 e. The van der Waals surface area contributed by atoms with Crippen molar-refractivity contribution in [3.63, 3.8) is 0 Å². The van der Waals surface area contributed by atoms with Crippen LogP contribution in [-0.4, -0.2) is 30.8 Å². The average Bonchev–Trinajstić information content (AvgIpc) is 2.91. The fourth-order valence-electron chi connectivity index (χ4n) is 2.36. The van der Waals surface area contributed by atoms with Gasteiger partial charge >= 0.3 is 0 Å². The maximum atomic E-state index is 11.2. The standard InChI is InChI=1S/C18H29NO4/c1-3-5-7-9-11-22-17-15(13-20)19-16(14-21)18(17)23-12-10-8-6-4-2/h13-14,19H,3-12H2,1-2H3. The highest BCUT2D eigenvalue weighted by atomic mass is 16.5. The molecular weight excluding hydrogens is 294 g/mol. The minimum Gasteiger partial charge on any atom is -0.487 e. The molecule has 0 saturated heterocycles. The lowest BCUT2D eigenvalue weighted by atomic mass is 10.2. The van der Waals surface area contributed by atoms with E-state index < -0.39 is 0 Å². The zero-order chi connectivity index (χ0) is 16.9. The van der Waals surface area contributed by atoms with Crippen LogP contribution < -0.4 is 9.47 Å². The van der Waals surface area contributed by atoms with E-state index in [0.29, 0.717) is 37.3 Å². The molecule has 1 heterocycles. The first kappa shape index (κ1) is 19.3. The first-order chi connectivity index (χ1) is 11.3. The summed E-state index contributed by atoms with van der Waals surface area (Å²) < 4.78 is 11.4. The molecule has 0 saturated carbocycles. The highest BCUT2D eigenvalue weighted by Gasteiger charge is 2.20. The van der Waals surface area contributed by atoms with Crippen LogP contribution in [0.4, 0.5) is 0 Å². The van der Waals surface area contributed by atoms with Crippen molar-refractivity contribution in [3.05, 3.63) is 11.4 Å². The summed E-state index contributed by atoms with van der Waals surface area (Å²) in [5.41, 5.74) is 0.539. The van der Waals surface area contributed by atoms with Crippen molar-refractivity contribution in [2.24, 2.45) is 0 Å². The van der Waals surface area contributed by atoms with E-state index >= 15 is 0 Å². The van der Waals surface area contributed by atoms with Crippen LogP contribution >= 0.6 is 0 Å². The molecule has 1 aromatic heterocycles. The molecule has 0 unspecified atom stereocenters. The molecule has 0 bridgehead atoms. The maximum absolute atomic E-state index is 11.2. The second-order valence-corrected chi connectivity index (χ2v) is 5.66. The number of hydrogen-bond acceptors (Lipinski definition) is 4. The quantitative estimate of drug-likeness (QED) is 0.402. The van der Waals surface area contributed by atoms with E-state index in [1.165, 1.54) is 0 Å². The van der Waals surface area contributed by atoms with Crippen molar-refractivity contribution in [1.82, 2.24) is 4.98 Å². The second kappa shape index (κ2) is 11.7. The molecule has 1 aromatic rings. The Morgan fingerprint density at radius 3 is 1.52 bits per heavy atom. The number of H-pyrrole nitrogens is 1. The molecule has 0 radical (unpaired) electrons. The van der Waals surface area contributed by atoms with Gasteiger partial charge in [-0.1, -0.05) is 52.4 Å². The molecule has 5 heteroatoms. The van der Waals surface area contributed by atoms with Crippen molar-refractivity contribution in [1.29, 1.82) is 0 Å². The molecule has 130 valence electrons. The summed E-state index contributed by atoms with van der Waals surface area (Å²) in [6.07, 6.45) is 9.99. The normalized spacial score (nSPS) is 10.5. The van der Waals surface area contributed by atoms with Crippen LogP contribution in [0.25, 0.3) is 0 Å². The first-order valence-corrected chi connectivity index (χ1v) is 8.70. The molecule has 0 aliphatic rings. The van der Waals surface area contributed by atoms with Crippen molar-refractivity contribution >= 4 is 12.6 Å². The third-order valence-corrected chi connectivity index (χ3v) is 3.69. The van der Waals surface area contributed by atoms with E-state index in [0.717, 1.165) is 51.4 Å². The Morgan fingerprint density at radius 1 is 0.739 bits per heavy atom. The molecule has 5 nitrogen and oxygen atoms in total. The van der Waals surface area contributed by atoms with Gasteiger partial charge in [0, 0.05) is 0 Å². The molecule has 0 amide bonds. The van der Waals surface area contributed by atoms with Gasteiger partial charge in [-0.3, -0.25) is 9.59 Å². The number of aldehydes is 2. The zero-order valence-corrected chi connectivity index (χ0v) is 14.4. The monoisotopic (exact) mass is 323 g/mol. The van der Waals surface area contributed by atoms with Crippen molar-refractivity contribution in [2.75, 3.05) is 13.2 Å². The Morgan fingerprint density at radius 2 is 1.17 bits per heavy atom. The molecule has 1 rings (SSSR count). The number of carbonyl (C=O) groups is 2. The van der Waals surface area contributed by atoms with Crippen LogP contribution in [0, 0.1) is 0 Å². The number of unbranched alkanes of at least 4 members (excludes halogenated alkanes) is 6. The topological polar surface area (TPSA) is 68.4 Å². The van der Waals surface area contributed by atoms with E-state index in [1.54, 1.807) is 0 Å². The fourth-order valence-corrected chi connectivity index (χ4v) is 2.36. The summed E-state index contributed by atoms with van der Waals surface area (Å²) in [5, 5.41) is 0. The van der Waals surface area contributed by atoms with E-state index in [2.05, 4.69) is 18.8 Å². The lowest BCUT2D eigenvalue weighted by Gasteiger charge is -2.10. The highest BCUT2D eigenvalue weighted by Crippen LogP contribution is 2.34. The Bertz CT molecular complexity index is 427.